The molecule has 0 fully saturated rings. The lowest BCUT2D eigenvalue weighted by atomic mass is 9.91. The van der Waals surface area contributed by atoms with Crippen LogP contribution in [0, 0.1) is 0 Å². The van der Waals surface area contributed by atoms with Crippen LogP contribution in [-0.2, 0) is 4.79 Å². The molecule has 0 heterocycles. The van der Waals surface area contributed by atoms with Gasteiger partial charge in [-0.25, -0.2) is 4.99 Å². The van der Waals surface area contributed by atoms with Gasteiger partial charge in [-0.3, -0.25) is 4.79 Å². The molecule has 0 rings (SSSR count). The first-order valence-electron chi connectivity index (χ1n) is 4.82. The van der Waals surface area contributed by atoms with E-state index in [1.54, 1.807) is 0 Å². The van der Waals surface area contributed by atoms with Gasteiger partial charge in [0.25, 0.3) is 5.91 Å². The van der Waals surface area contributed by atoms with Crippen LogP contribution < -0.4 is 0 Å². The van der Waals surface area contributed by atoms with Gasteiger partial charge in [0.15, 0.2) is 0 Å². The van der Waals surface area contributed by atoms with Gasteiger partial charge in [0.05, 0.1) is 0 Å². The summed E-state index contributed by atoms with van der Waals surface area (Å²) in [5.41, 5.74) is 2.72. The minimum Gasteiger partial charge on any atom is -0.267 e. The Balaban J connectivity index is 4.90. The van der Waals surface area contributed by atoms with Crippen molar-refractivity contribution in [3.05, 3.63) is 60.8 Å². The highest BCUT2D eigenvalue weighted by Gasteiger charge is 2.14. The highest BCUT2D eigenvalue weighted by atomic mass is 16.1. The average molecular weight is 215 g/mol. The van der Waals surface area contributed by atoms with Gasteiger partial charge in [-0.2, -0.15) is 0 Å². The Labute approximate surface area is 97.1 Å². The normalized spacial score (nSPS) is 9.06. The van der Waals surface area contributed by atoms with Crippen LogP contribution in [0.25, 0.3) is 0 Å². The lowest BCUT2D eigenvalue weighted by Gasteiger charge is -2.13. The van der Waals surface area contributed by atoms with Crippen LogP contribution in [0.5, 0.6) is 0 Å². The molecule has 16 heavy (non-hydrogen) atoms. The molecular formula is C14H17NO. The van der Waals surface area contributed by atoms with Crippen molar-refractivity contribution in [3.63, 3.8) is 0 Å². The summed E-state index contributed by atoms with van der Waals surface area (Å²) in [5.74, 6) is -0.499. The van der Waals surface area contributed by atoms with Crippen molar-refractivity contribution in [2.24, 2.45) is 4.99 Å². The highest BCUT2D eigenvalue weighted by Crippen LogP contribution is 2.26. The molecule has 84 valence electrons. The van der Waals surface area contributed by atoms with E-state index in [-0.39, 0.29) is 5.57 Å². The number of hydrogen-bond acceptors (Lipinski definition) is 1. The largest absolute Gasteiger partial charge is 0.276 e. The van der Waals surface area contributed by atoms with Gasteiger partial charge < -0.3 is 0 Å². The van der Waals surface area contributed by atoms with Gasteiger partial charge in [-0.1, -0.05) is 39.8 Å². The van der Waals surface area contributed by atoms with Crippen molar-refractivity contribution in [2.45, 2.75) is 13.3 Å². The molecule has 0 atom stereocenters. The summed E-state index contributed by atoms with van der Waals surface area (Å²) in [5, 5.41) is 0. The van der Waals surface area contributed by atoms with E-state index in [4.69, 9.17) is 0 Å². The Kier molecular flexibility index (Phi) is 5.10. The molecule has 2 nitrogen and oxygen atoms in total. The summed E-state index contributed by atoms with van der Waals surface area (Å²) >= 11 is 0. The number of aliphatic imine (C=N–C) groups is 1. The zero-order valence-electron chi connectivity index (χ0n) is 9.81. The summed E-state index contributed by atoms with van der Waals surface area (Å²) in [6.07, 6.45) is 0.769. The van der Waals surface area contributed by atoms with Crippen molar-refractivity contribution >= 4 is 12.6 Å². The Hall–Kier alpha value is -1.96. The lowest BCUT2D eigenvalue weighted by molar-refractivity contribution is -0.114. The molecule has 0 saturated carbocycles. The highest BCUT2D eigenvalue weighted by molar-refractivity contribution is 6.01. The fourth-order valence-electron chi connectivity index (χ4n) is 1.02. The van der Waals surface area contributed by atoms with Gasteiger partial charge in [-0.15, -0.1) is 0 Å². The molecule has 0 aliphatic rings. The van der Waals surface area contributed by atoms with Crippen molar-refractivity contribution in [3.8, 4) is 0 Å². The summed E-state index contributed by atoms with van der Waals surface area (Å²) in [6, 6.07) is 0. The average Bonchev–Trinajstić information content (AvgIpc) is 2.32. The smallest absolute Gasteiger partial charge is 0.267 e. The van der Waals surface area contributed by atoms with Gasteiger partial charge in [-0.05, 0) is 35.4 Å². The fraction of sp³-hybridized carbons (Fsp3) is 0.143. The molecule has 0 aromatic heterocycles. The van der Waals surface area contributed by atoms with E-state index in [2.05, 4.69) is 44.6 Å². The van der Waals surface area contributed by atoms with E-state index in [0.717, 1.165) is 12.0 Å². The predicted octanol–water partition coefficient (Wildman–Crippen LogP) is 3.40. The molecule has 0 bridgehead atoms. The summed E-state index contributed by atoms with van der Waals surface area (Å²) in [4.78, 5) is 14.5. The molecule has 0 unspecified atom stereocenters. The number of nitrogens with zero attached hydrogens (tertiary/aromatic N) is 1. The second-order valence-corrected chi connectivity index (χ2v) is 3.33. The molecule has 0 aromatic rings. The predicted molar refractivity (Wildman–Crippen MR) is 70.5 cm³/mol. The quantitative estimate of drug-likeness (QED) is 0.379. The minimum absolute atomic E-state index is 0.185. The molecule has 2 heteroatoms. The maximum atomic E-state index is 11.2. The van der Waals surface area contributed by atoms with Crippen LogP contribution in [0.3, 0.4) is 0 Å². The number of rotatable bonds is 6. The molecule has 0 aliphatic heterocycles. The fourth-order valence-corrected chi connectivity index (χ4v) is 1.02. The Morgan fingerprint density at radius 3 is 1.75 bits per heavy atom. The summed E-state index contributed by atoms with van der Waals surface area (Å²) < 4.78 is 0. The molecule has 0 spiro atoms. The SMILES string of the molecule is C=NC(=O)C(=C)C(=C)C(=C)C(=C)C(=C)CC. The maximum absolute atomic E-state index is 11.2. The van der Waals surface area contributed by atoms with Crippen molar-refractivity contribution < 1.29 is 4.79 Å². The maximum Gasteiger partial charge on any atom is 0.276 e. The van der Waals surface area contributed by atoms with Gasteiger partial charge >= 0.3 is 0 Å². The first-order valence-corrected chi connectivity index (χ1v) is 4.82. The second-order valence-electron chi connectivity index (χ2n) is 3.33. The van der Waals surface area contributed by atoms with E-state index in [1.807, 2.05) is 6.92 Å². The first kappa shape index (κ1) is 14.0. The number of carbonyl (C=O) groups excluding carboxylic acids is 1. The molecule has 0 aromatic carbocycles. The third kappa shape index (κ3) is 3.02. The van der Waals surface area contributed by atoms with Crippen molar-refractivity contribution in [1.29, 1.82) is 0 Å². The number of amides is 1. The van der Waals surface area contributed by atoms with Crippen LogP contribution in [-0.4, -0.2) is 12.6 Å². The monoisotopic (exact) mass is 215 g/mol. The zero-order chi connectivity index (χ0) is 12.9. The molecule has 0 radical (unpaired) electrons. The van der Waals surface area contributed by atoms with Gasteiger partial charge in [0.1, 0.15) is 0 Å². The molecule has 0 aliphatic carbocycles. The standard InChI is InChI=1S/C14H17NO/c1-8-9(2)10(3)11(4)12(5)13(6)14(16)15-7/h2-8H2,1H3. The van der Waals surface area contributed by atoms with Gasteiger partial charge in [0.2, 0.25) is 0 Å². The number of hydrogen-bond donors (Lipinski definition) is 0. The van der Waals surface area contributed by atoms with Crippen LogP contribution in [0.4, 0.5) is 0 Å². The van der Waals surface area contributed by atoms with Crippen LogP contribution in [0.2, 0.25) is 0 Å². The van der Waals surface area contributed by atoms with E-state index >= 15 is 0 Å². The Bertz CT molecular complexity index is 410. The van der Waals surface area contributed by atoms with Crippen LogP contribution in [0.1, 0.15) is 13.3 Å². The van der Waals surface area contributed by atoms with Crippen molar-refractivity contribution in [2.75, 3.05) is 0 Å². The number of allylic oxidation sites excluding steroid dienone is 3. The second kappa shape index (κ2) is 5.81. The molecular weight excluding hydrogens is 198 g/mol. The van der Waals surface area contributed by atoms with Gasteiger partial charge in [0, 0.05) is 5.57 Å². The summed E-state index contributed by atoms with van der Waals surface area (Å²) in [6.45, 7) is 24.0. The van der Waals surface area contributed by atoms with E-state index in [1.165, 1.54) is 0 Å². The van der Waals surface area contributed by atoms with Crippen LogP contribution >= 0.6 is 0 Å². The lowest BCUT2D eigenvalue weighted by Crippen LogP contribution is -2.03. The van der Waals surface area contributed by atoms with Crippen LogP contribution in [0.15, 0.2) is 65.8 Å². The number of carbonyl (C=O) groups is 1. The third-order valence-corrected chi connectivity index (χ3v) is 2.35. The first-order chi connectivity index (χ1) is 7.36. The molecule has 0 saturated heterocycles. The van der Waals surface area contributed by atoms with E-state index in [0.29, 0.717) is 16.7 Å². The Morgan fingerprint density at radius 2 is 1.38 bits per heavy atom. The third-order valence-electron chi connectivity index (χ3n) is 2.35. The zero-order valence-corrected chi connectivity index (χ0v) is 9.81. The topological polar surface area (TPSA) is 29.4 Å². The Morgan fingerprint density at radius 1 is 0.938 bits per heavy atom. The summed E-state index contributed by atoms with van der Waals surface area (Å²) in [7, 11) is 0. The minimum atomic E-state index is -0.499. The van der Waals surface area contributed by atoms with E-state index in [9.17, 15) is 4.79 Å². The van der Waals surface area contributed by atoms with Crippen molar-refractivity contribution in [1.82, 2.24) is 0 Å². The van der Waals surface area contributed by atoms with E-state index < -0.39 is 5.91 Å². The molecule has 1 amide bonds. The molecule has 0 N–H and O–H groups in total.